The zero-order chi connectivity index (χ0) is 14.0. The van der Waals surface area contributed by atoms with Gasteiger partial charge in [0.2, 0.25) is 0 Å². The first-order chi connectivity index (χ1) is 8.87. The molecule has 1 aromatic carbocycles. The summed E-state index contributed by atoms with van der Waals surface area (Å²) in [5.41, 5.74) is -0.655. The summed E-state index contributed by atoms with van der Waals surface area (Å²) in [4.78, 5) is 13.9. The van der Waals surface area contributed by atoms with Gasteiger partial charge in [-0.2, -0.15) is 0 Å². The van der Waals surface area contributed by atoms with Crippen molar-refractivity contribution in [1.29, 1.82) is 0 Å². The fourth-order valence-electron chi connectivity index (χ4n) is 2.21. The van der Waals surface area contributed by atoms with Gasteiger partial charge < -0.3 is 10.2 Å². The monoisotopic (exact) mass is 267 g/mol. The van der Waals surface area contributed by atoms with Gasteiger partial charge in [-0.15, -0.1) is 0 Å². The van der Waals surface area contributed by atoms with Crippen molar-refractivity contribution < 1.29 is 19.4 Å². The van der Waals surface area contributed by atoms with E-state index in [9.17, 15) is 19.4 Å². The number of carbonyl (C=O) groups is 1. The maximum Gasteiger partial charge on any atom is 0.180 e. The van der Waals surface area contributed by atoms with Crippen molar-refractivity contribution >= 4 is 5.78 Å². The van der Waals surface area contributed by atoms with E-state index in [1.165, 1.54) is 6.07 Å². The van der Waals surface area contributed by atoms with Crippen molar-refractivity contribution in [1.82, 2.24) is 4.90 Å². The number of nitrogens with zero attached hydrogens (tertiary/aromatic N) is 1. The predicted octanol–water partition coefficient (Wildman–Crippen LogP) is 1.56. The van der Waals surface area contributed by atoms with Gasteiger partial charge in [0.15, 0.2) is 5.78 Å². The fourth-order valence-corrected chi connectivity index (χ4v) is 2.21. The Morgan fingerprint density at radius 2 is 2.05 bits per heavy atom. The van der Waals surface area contributed by atoms with Gasteiger partial charge in [-0.3, -0.25) is 9.69 Å². The van der Waals surface area contributed by atoms with Crippen LogP contribution in [-0.2, 0) is 0 Å². The third kappa shape index (κ3) is 3.52. The largest absolute Gasteiger partial charge is 0.507 e. The molecule has 1 saturated heterocycles. The molecule has 19 heavy (non-hydrogen) atoms. The van der Waals surface area contributed by atoms with Crippen LogP contribution in [0.15, 0.2) is 18.2 Å². The highest BCUT2D eigenvalue weighted by Crippen LogP contribution is 2.23. The van der Waals surface area contributed by atoms with Crippen LogP contribution in [0.5, 0.6) is 5.75 Å². The van der Waals surface area contributed by atoms with E-state index in [-0.39, 0.29) is 23.6 Å². The van der Waals surface area contributed by atoms with Crippen LogP contribution >= 0.6 is 0 Å². The number of aromatic hydroxyl groups is 1. The topological polar surface area (TPSA) is 60.8 Å². The molecule has 5 heteroatoms. The molecule has 1 heterocycles. The Morgan fingerprint density at radius 3 is 2.68 bits per heavy atom. The molecule has 1 aliphatic rings. The fraction of sp³-hybridized carbons (Fsp3) is 0.500. The van der Waals surface area contributed by atoms with Crippen LogP contribution in [0, 0.1) is 5.82 Å². The summed E-state index contributed by atoms with van der Waals surface area (Å²) in [5, 5.41) is 19.4. The summed E-state index contributed by atoms with van der Waals surface area (Å²) in [6.45, 7) is 3.15. The maximum atomic E-state index is 13.1. The molecule has 2 N–H and O–H groups in total. The number of likely N-dealkylation sites (tertiary alicyclic amines) is 1. The Hall–Kier alpha value is -1.46. The van der Waals surface area contributed by atoms with Crippen LogP contribution in [0.25, 0.3) is 0 Å². The number of carbonyl (C=O) groups excluding carboxylic acids is 1. The van der Waals surface area contributed by atoms with E-state index in [0.717, 1.165) is 12.1 Å². The smallest absolute Gasteiger partial charge is 0.180 e. The van der Waals surface area contributed by atoms with Gasteiger partial charge in [-0.05, 0) is 38.0 Å². The molecule has 0 aliphatic carbocycles. The molecule has 2 rings (SSSR count). The summed E-state index contributed by atoms with van der Waals surface area (Å²) >= 11 is 0. The van der Waals surface area contributed by atoms with Crippen molar-refractivity contribution in [2.75, 3.05) is 19.6 Å². The summed E-state index contributed by atoms with van der Waals surface area (Å²) in [6.07, 6.45) is 1.21. The number of aliphatic hydroxyl groups is 1. The van der Waals surface area contributed by atoms with Crippen LogP contribution in [0.3, 0.4) is 0 Å². The van der Waals surface area contributed by atoms with E-state index >= 15 is 0 Å². The molecule has 0 saturated carbocycles. The Morgan fingerprint density at radius 1 is 1.42 bits per heavy atom. The Kier molecular flexibility index (Phi) is 3.87. The summed E-state index contributed by atoms with van der Waals surface area (Å²) in [6, 6.07) is 3.35. The Balaban J connectivity index is 2.00. The second-order valence-corrected chi connectivity index (χ2v) is 5.36. The van der Waals surface area contributed by atoms with Crippen molar-refractivity contribution in [3.8, 4) is 5.75 Å². The molecular formula is C14H18FNO3. The van der Waals surface area contributed by atoms with Crippen LogP contribution in [0.4, 0.5) is 4.39 Å². The number of hydrogen-bond donors (Lipinski definition) is 2. The highest BCUT2D eigenvalue weighted by atomic mass is 19.1. The van der Waals surface area contributed by atoms with Gasteiger partial charge in [0.25, 0.3) is 0 Å². The highest BCUT2D eigenvalue weighted by Gasteiger charge is 2.28. The lowest BCUT2D eigenvalue weighted by atomic mass is 9.93. The van der Waals surface area contributed by atoms with Gasteiger partial charge in [0, 0.05) is 13.1 Å². The lowest BCUT2D eigenvalue weighted by Crippen LogP contribution is -2.44. The van der Waals surface area contributed by atoms with Crippen molar-refractivity contribution in [2.45, 2.75) is 25.4 Å². The Bertz CT molecular complexity index is 478. The SMILES string of the molecule is CC1(O)CCN(CC(=O)c2cc(F)ccc2O)CC1. The Labute approximate surface area is 111 Å². The van der Waals surface area contributed by atoms with E-state index in [0.29, 0.717) is 25.9 Å². The molecule has 1 fully saturated rings. The number of Topliss-reactive ketones (excluding diaryl/α,β-unsaturated/α-hetero) is 1. The molecular weight excluding hydrogens is 249 g/mol. The number of rotatable bonds is 3. The minimum absolute atomic E-state index is 0.0114. The van der Waals surface area contributed by atoms with Crippen LogP contribution < -0.4 is 0 Å². The average molecular weight is 267 g/mol. The molecule has 4 nitrogen and oxygen atoms in total. The number of phenolic OH excluding ortho intramolecular Hbond substituents is 1. The predicted molar refractivity (Wildman–Crippen MR) is 68.7 cm³/mol. The van der Waals surface area contributed by atoms with Crippen molar-refractivity contribution in [3.05, 3.63) is 29.6 Å². The number of benzene rings is 1. The number of phenols is 1. The number of ketones is 1. The molecule has 104 valence electrons. The number of halogens is 1. The van der Waals surface area contributed by atoms with Gasteiger partial charge in [-0.25, -0.2) is 4.39 Å². The molecule has 0 amide bonds. The quantitative estimate of drug-likeness (QED) is 0.816. The lowest BCUT2D eigenvalue weighted by molar-refractivity contribution is -0.00422. The second kappa shape index (κ2) is 5.27. The molecule has 1 aliphatic heterocycles. The molecule has 0 bridgehead atoms. The highest BCUT2D eigenvalue weighted by molar-refractivity contribution is 6.00. The third-order valence-corrected chi connectivity index (χ3v) is 3.56. The minimum atomic E-state index is -0.666. The van der Waals surface area contributed by atoms with Crippen LogP contribution in [0.2, 0.25) is 0 Å². The number of piperidine rings is 1. The van der Waals surface area contributed by atoms with E-state index in [1.807, 2.05) is 4.90 Å². The molecule has 0 radical (unpaired) electrons. The van der Waals surface area contributed by atoms with E-state index in [1.54, 1.807) is 6.92 Å². The van der Waals surface area contributed by atoms with Gasteiger partial charge in [0.05, 0.1) is 17.7 Å². The minimum Gasteiger partial charge on any atom is -0.507 e. The molecule has 1 aromatic rings. The molecule has 0 unspecified atom stereocenters. The maximum absolute atomic E-state index is 13.1. The van der Waals surface area contributed by atoms with E-state index in [2.05, 4.69) is 0 Å². The molecule has 0 atom stereocenters. The van der Waals surface area contributed by atoms with Crippen LogP contribution in [-0.4, -0.2) is 46.1 Å². The first-order valence-electron chi connectivity index (χ1n) is 6.34. The summed E-state index contributed by atoms with van der Waals surface area (Å²) in [7, 11) is 0. The van der Waals surface area contributed by atoms with Crippen molar-refractivity contribution in [3.63, 3.8) is 0 Å². The first kappa shape index (κ1) is 14.0. The third-order valence-electron chi connectivity index (χ3n) is 3.56. The van der Waals surface area contributed by atoms with Crippen molar-refractivity contribution in [2.24, 2.45) is 0 Å². The molecule has 0 spiro atoms. The summed E-state index contributed by atoms with van der Waals surface area (Å²) < 4.78 is 13.1. The summed E-state index contributed by atoms with van der Waals surface area (Å²) in [5.74, 6) is -1.04. The van der Waals surface area contributed by atoms with E-state index in [4.69, 9.17) is 0 Å². The van der Waals surface area contributed by atoms with E-state index < -0.39 is 11.4 Å². The van der Waals surface area contributed by atoms with Gasteiger partial charge in [0.1, 0.15) is 11.6 Å². The van der Waals surface area contributed by atoms with Crippen LogP contribution in [0.1, 0.15) is 30.1 Å². The standard InChI is InChI=1S/C14H18FNO3/c1-14(19)4-6-16(7-5-14)9-13(18)11-8-10(15)2-3-12(11)17/h2-3,8,17,19H,4-7,9H2,1H3. The second-order valence-electron chi connectivity index (χ2n) is 5.36. The number of hydrogen-bond acceptors (Lipinski definition) is 4. The molecule has 0 aromatic heterocycles. The first-order valence-corrected chi connectivity index (χ1v) is 6.34. The normalized spacial score (nSPS) is 19.3. The van der Waals surface area contributed by atoms with Gasteiger partial charge >= 0.3 is 0 Å². The zero-order valence-corrected chi connectivity index (χ0v) is 10.9. The lowest BCUT2D eigenvalue weighted by Gasteiger charge is -2.35. The zero-order valence-electron chi connectivity index (χ0n) is 10.9. The van der Waals surface area contributed by atoms with Gasteiger partial charge in [-0.1, -0.05) is 0 Å². The average Bonchev–Trinajstić information content (AvgIpc) is 2.35.